The Balaban J connectivity index is 2.16. The summed E-state index contributed by atoms with van der Waals surface area (Å²) in [6.07, 6.45) is -0.732. The summed E-state index contributed by atoms with van der Waals surface area (Å²) in [6.45, 7) is -0.402. The van der Waals surface area contributed by atoms with Crippen LogP contribution < -0.4 is 5.69 Å². The first kappa shape index (κ1) is 12.9. The molecule has 0 aromatic carbocycles. The van der Waals surface area contributed by atoms with Crippen molar-refractivity contribution in [2.75, 3.05) is 6.61 Å². The molecule has 0 bridgehead atoms. The van der Waals surface area contributed by atoms with E-state index in [2.05, 4.69) is 15.1 Å². The molecule has 20 heavy (non-hydrogen) atoms. The maximum Gasteiger partial charge on any atom is 0.372 e. The number of fused-ring (bicyclic) bond motifs is 1. The van der Waals surface area contributed by atoms with Gasteiger partial charge in [0.2, 0.25) is 0 Å². The SMILES string of the molecule is O=c1nc(F)nc2c(C3C=C(CO)[C@H](O)[C@H]3O)c[nH]n12. The van der Waals surface area contributed by atoms with Crippen LogP contribution in [0.4, 0.5) is 4.39 Å². The standard InChI is InChI=1S/C11H11FN4O4/c12-10-14-9-6(2-13-16(9)11(20)15-10)5-1-4(3-17)7(18)8(5)19/h1-2,5,7-8,13,17-19H,3H2/t5?,7-,8-/m0/s1. The lowest BCUT2D eigenvalue weighted by atomic mass is 9.98. The molecule has 8 nitrogen and oxygen atoms in total. The van der Waals surface area contributed by atoms with Crippen LogP contribution in [0.3, 0.4) is 0 Å². The Bertz CT molecular complexity index is 752. The molecular weight excluding hydrogens is 271 g/mol. The summed E-state index contributed by atoms with van der Waals surface area (Å²) in [7, 11) is 0. The van der Waals surface area contributed by atoms with Crippen molar-refractivity contribution in [2.45, 2.75) is 18.1 Å². The van der Waals surface area contributed by atoms with Gasteiger partial charge in [0, 0.05) is 17.7 Å². The molecule has 0 saturated carbocycles. The van der Waals surface area contributed by atoms with Crippen LogP contribution in [0, 0.1) is 6.08 Å². The summed E-state index contributed by atoms with van der Waals surface area (Å²) >= 11 is 0. The van der Waals surface area contributed by atoms with Gasteiger partial charge in [-0.1, -0.05) is 6.08 Å². The van der Waals surface area contributed by atoms with Gasteiger partial charge in [0.1, 0.15) is 6.10 Å². The van der Waals surface area contributed by atoms with Crippen LogP contribution in [0.25, 0.3) is 5.65 Å². The van der Waals surface area contributed by atoms with Crippen molar-refractivity contribution in [1.82, 2.24) is 19.6 Å². The van der Waals surface area contributed by atoms with Gasteiger partial charge in [0.15, 0.2) is 5.65 Å². The Morgan fingerprint density at radius 2 is 2.15 bits per heavy atom. The van der Waals surface area contributed by atoms with Crippen LogP contribution in [-0.4, -0.2) is 53.7 Å². The molecule has 0 radical (unpaired) electrons. The smallest absolute Gasteiger partial charge is 0.372 e. The first-order valence-electron chi connectivity index (χ1n) is 5.84. The summed E-state index contributed by atoms with van der Waals surface area (Å²) in [6, 6.07) is 0. The van der Waals surface area contributed by atoms with Crippen LogP contribution in [0.15, 0.2) is 22.6 Å². The molecule has 1 aliphatic carbocycles. The molecule has 2 heterocycles. The fourth-order valence-electron chi connectivity index (χ4n) is 2.40. The van der Waals surface area contributed by atoms with E-state index >= 15 is 0 Å². The predicted molar refractivity (Wildman–Crippen MR) is 63.5 cm³/mol. The summed E-state index contributed by atoms with van der Waals surface area (Å²) in [5.41, 5.74) is -0.288. The molecule has 1 aliphatic rings. The highest BCUT2D eigenvalue weighted by Gasteiger charge is 2.36. The van der Waals surface area contributed by atoms with Gasteiger partial charge in [0.05, 0.1) is 12.7 Å². The lowest BCUT2D eigenvalue weighted by molar-refractivity contribution is 0.0407. The average Bonchev–Trinajstić information content (AvgIpc) is 2.93. The van der Waals surface area contributed by atoms with E-state index in [0.717, 1.165) is 4.52 Å². The zero-order valence-corrected chi connectivity index (χ0v) is 10.1. The van der Waals surface area contributed by atoms with Gasteiger partial charge >= 0.3 is 11.8 Å². The molecule has 1 unspecified atom stereocenters. The Labute approximate surface area is 110 Å². The van der Waals surface area contributed by atoms with Crippen molar-refractivity contribution in [3.05, 3.63) is 40.0 Å². The van der Waals surface area contributed by atoms with E-state index < -0.39 is 36.5 Å². The fourth-order valence-corrected chi connectivity index (χ4v) is 2.40. The maximum absolute atomic E-state index is 13.1. The van der Waals surface area contributed by atoms with Gasteiger partial charge < -0.3 is 15.3 Å². The zero-order chi connectivity index (χ0) is 14.4. The molecule has 0 amide bonds. The Morgan fingerprint density at radius 3 is 2.80 bits per heavy atom. The molecule has 106 valence electrons. The number of H-pyrrole nitrogens is 1. The van der Waals surface area contributed by atoms with Crippen LogP contribution >= 0.6 is 0 Å². The van der Waals surface area contributed by atoms with E-state index in [1.54, 1.807) is 0 Å². The first-order valence-corrected chi connectivity index (χ1v) is 5.84. The van der Waals surface area contributed by atoms with Crippen molar-refractivity contribution in [1.29, 1.82) is 0 Å². The number of hydrogen-bond acceptors (Lipinski definition) is 6. The predicted octanol–water partition coefficient (Wildman–Crippen LogP) is -1.71. The van der Waals surface area contributed by atoms with E-state index in [9.17, 15) is 19.4 Å². The fraction of sp³-hybridized carbons (Fsp3) is 0.364. The number of aliphatic hydroxyl groups is 3. The van der Waals surface area contributed by atoms with Crippen molar-refractivity contribution < 1.29 is 19.7 Å². The molecule has 0 aliphatic heterocycles. The minimum atomic E-state index is -1.21. The quantitative estimate of drug-likeness (QED) is 0.486. The van der Waals surface area contributed by atoms with E-state index in [-0.39, 0.29) is 11.2 Å². The molecular formula is C11H11FN4O4. The number of aliphatic hydroxyl groups excluding tert-OH is 3. The molecule has 3 rings (SSSR count). The van der Waals surface area contributed by atoms with Gasteiger partial charge in [-0.3, -0.25) is 5.10 Å². The van der Waals surface area contributed by atoms with Gasteiger partial charge in [-0.2, -0.15) is 13.9 Å². The van der Waals surface area contributed by atoms with Crippen LogP contribution in [0.2, 0.25) is 0 Å². The van der Waals surface area contributed by atoms with E-state index in [1.165, 1.54) is 12.3 Å². The third-order valence-electron chi connectivity index (χ3n) is 3.40. The molecule has 4 N–H and O–H groups in total. The lowest BCUT2D eigenvalue weighted by Gasteiger charge is -2.16. The third kappa shape index (κ3) is 1.75. The highest BCUT2D eigenvalue weighted by Crippen LogP contribution is 2.34. The van der Waals surface area contributed by atoms with Gasteiger partial charge in [-0.05, 0) is 5.57 Å². The number of hydrogen-bond donors (Lipinski definition) is 4. The molecule has 0 fully saturated rings. The van der Waals surface area contributed by atoms with Crippen molar-refractivity contribution >= 4 is 5.65 Å². The second-order valence-electron chi connectivity index (χ2n) is 4.52. The third-order valence-corrected chi connectivity index (χ3v) is 3.40. The van der Waals surface area contributed by atoms with Crippen molar-refractivity contribution in [3.8, 4) is 0 Å². The zero-order valence-electron chi connectivity index (χ0n) is 10.1. The van der Waals surface area contributed by atoms with Crippen molar-refractivity contribution in [2.24, 2.45) is 0 Å². The Kier molecular flexibility index (Phi) is 2.89. The summed E-state index contributed by atoms with van der Waals surface area (Å²) in [5.74, 6) is -0.706. The maximum atomic E-state index is 13.1. The second kappa shape index (κ2) is 4.47. The highest BCUT2D eigenvalue weighted by atomic mass is 19.1. The van der Waals surface area contributed by atoms with E-state index in [1.807, 2.05) is 0 Å². The van der Waals surface area contributed by atoms with Gasteiger partial charge in [-0.25, -0.2) is 4.79 Å². The summed E-state index contributed by atoms with van der Waals surface area (Å²) in [4.78, 5) is 18.0. The topological polar surface area (TPSA) is 124 Å². The van der Waals surface area contributed by atoms with Gasteiger partial charge in [-0.15, -0.1) is 4.98 Å². The first-order chi connectivity index (χ1) is 9.52. The minimum Gasteiger partial charge on any atom is -0.392 e. The molecule has 2 aromatic heterocycles. The highest BCUT2D eigenvalue weighted by molar-refractivity contribution is 5.51. The number of rotatable bonds is 2. The molecule has 3 atom stereocenters. The van der Waals surface area contributed by atoms with E-state index in [4.69, 9.17) is 5.11 Å². The minimum absolute atomic E-state index is 0.0193. The summed E-state index contributed by atoms with van der Waals surface area (Å²) < 4.78 is 14.1. The second-order valence-corrected chi connectivity index (χ2v) is 4.52. The number of nitrogens with one attached hydrogen (secondary N) is 1. The van der Waals surface area contributed by atoms with E-state index in [0.29, 0.717) is 5.56 Å². The van der Waals surface area contributed by atoms with Crippen molar-refractivity contribution in [3.63, 3.8) is 0 Å². The lowest BCUT2D eigenvalue weighted by Crippen LogP contribution is -2.28. The molecule has 2 aromatic rings. The Hall–Kier alpha value is -2.10. The number of aromatic amines is 1. The molecule has 0 spiro atoms. The normalized spacial score (nSPS) is 26.2. The average molecular weight is 282 g/mol. The summed E-state index contributed by atoms with van der Waals surface area (Å²) in [5, 5.41) is 31.4. The largest absolute Gasteiger partial charge is 0.392 e. The van der Waals surface area contributed by atoms with Crippen LogP contribution in [0.5, 0.6) is 0 Å². The van der Waals surface area contributed by atoms with Crippen LogP contribution in [-0.2, 0) is 0 Å². The van der Waals surface area contributed by atoms with Crippen LogP contribution in [0.1, 0.15) is 11.5 Å². The number of halogens is 1. The number of aromatic nitrogens is 4. The monoisotopic (exact) mass is 282 g/mol. The van der Waals surface area contributed by atoms with Gasteiger partial charge in [0.25, 0.3) is 0 Å². The number of nitrogens with zero attached hydrogens (tertiary/aromatic N) is 3. The molecule has 9 heteroatoms. The Morgan fingerprint density at radius 1 is 1.40 bits per heavy atom. The molecule has 0 saturated heterocycles.